The molecule has 1 aromatic carbocycles. The first-order valence-corrected chi connectivity index (χ1v) is 8.35. The maximum atomic E-state index is 4.74. The van der Waals surface area contributed by atoms with E-state index in [2.05, 4.69) is 57.0 Å². The van der Waals surface area contributed by atoms with Crippen molar-refractivity contribution in [3.05, 3.63) is 59.9 Å². The number of nitrogens with zero attached hydrogens (tertiary/aromatic N) is 4. The van der Waals surface area contributed by atoms with E-state index < -0.39 is 0 Å². The molecule has 2 aromatic heterocycles. The maximum absolute atomic E-state index is 4.74. The normalized spacial score (nSPS) is 12.6. The first kappa shape index (κ1) is 16.4. The van der Waals surface area contributed by atoms with Crippen LogP contribution in [-0.4, -0.2) is 9.38 Å². The van der Waals surface area contributed by atoms with Crippen LogP contribution in [0.5, 0.6) is 0 Å². The quantitative estimate of drug-likeness (QED) is 0.532. The van der Waals surface area contributed by atoms with Crippen molar-refractivity contribution in [1.29, 1.82) is 0 Å². The van der Waals surface area contributed by atoms with Crippen LogP contribution in [0.15, 0.2) is 58.9 Å². The fourth-order valence-electron chi connectivity index (χ4n) is 2.61. The summed E-state index contributed by atoms with van der Waals surface area (Å²) in [5.41, 5.74) is 3.91. The second-order valence-electron chi connectivity index (χ2n) is 7.41. The molecular formula is C20H24N4. The largest absolute Gasteiger partial charge is 0.283 e. The molecule has 0 fully saturated rings. The van der Waals surface area contributed by atoms with Crippen molar-refractivity contribution in [1.82, 2.24) is 9.38 Å². The number of imidazole rings is 1. The van der Waals surface area contributed by atoms with Crippen LogP contribution in [0.4, 0.5) is 11.5 Å². The smallest absolute Gasteiger partial charge is 0.183 e. The lowest BCUT2D eigenvalue weighted by atomic mass is 9.92. The minimum Gasteiger partial charge on any atom is -0.283 e. The zero-order valence-corrected chi connectivity index (χ0v) is 15.0. The van der Waals surface area contributed by atoms with Gasteiger partial charge < -0.3 is 0 Å². The molecule has 2 heterocycles. The molecule has 0 bridgehead atoms. The Morgan fingerprint density at radius 3 is 2.29 bits per heavy atom. The lowest BCUT2D eigenvalue weighted by molar-refractivity contribution is 0.574. The molecule has 0 saturated carbocycles. The molecule has 0 spiro atoms. The molecule has 0 radical (unpaired) electrons. The van der Waals surface area contributed by atoms with Gasteiger partial charge >= 0.3 is 0 Å². The minimum absolute atomic E-state index is 0.0954. The number of aromatic nitrogens is 2. The standard InChI is InChI=1S/C20H24N4/c1-14(2)15-9-11-16(12-10-15)22-23-19-18(20(3,4)5)21-17-8-6-7-13-24(17)19/h6-14H,1-5H3. The van der Waals surface area contributed by atoms with E-state index in [-0.39, 0.29) is 5.41 Å². The van der Waals surface area contributed by atoms with Gasteiger partial charge in [0.2, 0.25) is 0 Å². The van der Waals surface area contributed by atoms with Gasteiger partial charge in [-0.25, -0.2) is 4.98 Å². The van der Waals surface area contributed by atoms with Gasteiger partial charge in [-0.3, -0.25) is 4.40 Å². The van der Waals surface area contributed by atoms with Crippen molar-refractivity contribution in [2.75, 3.05) is 0 Å². The molecule has 4 heteroatoms. The molecule has 0 aliphatic rings. The molecule has 0 amide bonds. The molecule has 24 heavy (non-hydrogen) atoms. The third-order valence-electron chi connectivity index (χ3n) is 4.04. The van der Waals surface area contributed by atoms with Crippen molar-refractivity contribution < 1.29 is 0 Å². The first-order chi connectivity index (χ1) is 11.4. The summed E-state index contributed by atoms with van der Waals surface area (Å²) in [6, 6.07) is 14.2. The van der Waals surface area contributed by atoms with Crippen LogP contribution >= 0.6 is 0 Å². The highest BCUT2D eigenvalue weighted by Gasteiger charge is 2.23. The van der Waals surface area contributed by atoms with Gasteiger partial charge in [-0.05, 0) is 35.7 Å². The van der Waals surface area contributed by atoms with Crippen molar-refractivity contribution >= 4 is 17.2 Å². The van der Waals surface area contributed by atoms with E-state index in [9.17, 15) is 0 Å². The first-order valence-electron chi connectivity index (χ1n) is 8.35. The van der Waals surface area contributed by atoms with Gasteiger partial charge in [0.1, 0.15) is 5.65 Å². The van der Waals surface area contributed by atoms with Gasteiger partial charge in [0.25, 0.3) is 0 Å². The van der Waals surface area contributed by atoms with Crippen LogP contribution in [0, 0.1) is 0 Å². The third-order valence-corrected chi connectivity index (χ3v) is 4.04. The Balaban J connectivity index is 2.02. The summed E-state index contributed by atoms with van der Waals surface area (Å²) in [6.07, 6.45) is 1.98. The molecule has 0 N–H and O–H groups in total. The number of azo groups is 1. The Bertz CT molecular complexity index is 865. The van der Waals surface area contributed by atoms with E-state index in [4.69, 9.17) is 4.98 Å². The Morgan fingerprint density at radius 1 is 0.958 bits per heavy atom. The van der Waals surface area contributed by atoms with E-state index in [1.54, 1.807) is 0 Å². The Morgan fingerprint density at radius 2 is 1.67 bits per heavy atom. The molecule has 3 rings (SSSR count). The highest BCUT2D eigenvalue weighted by Crippen LogP contribution is 2.33. The molecule has 0 saturated heterocycles. The van der Waals surface area contributed by atoms with Crippen molar-refractivity contribution in [3.8, 4) is 0 Å². The van der Waals surface area contributed by atoms with E-state index >= 15 is 0 Å². The predicted octanol–water partition coefficient (Wildman–Crippen LogP) is 6.17. The van der Waals surface area contributed by atoms with Crippen LogP contribution in [-0.2, 0) is 5.41 Å². The zero-order valence-electron chi connectivity index (χ0n) is 15.0. The van der Waals surface area contributed by atoms with Gasteiger partial charge in [0, 0.05) is 11.6 Å². The summed E-state index contributed by atoms with van der Waals surface area (Å²) in [4.78, 5) is 4.74. The summed E-state index contributed by atoms with van der Waals surface area (Å²) < 4.78 is 1.99. The number of fused-ring (bicyclic) bond motifs is 1. The number of rotatable bonds is 3. The van der Waals surface area contributed by atoms with E-state index in [0.29, 0.717) is 5.92 Å². The van der Waals surface area contributed by atoms with E-state index in [1.165, 1.54) is 5.56 Å². The summed E-state index contributed by atoms with van der Waals surface area (Å²) in [7, 11) is 0. The Labute approximate surface area is 143 Å². The van der Waals surface area contributed by atoms with Gasteiger partial charge in [0.15, 0.2) is 5.82 Å². The molecule has 3 aromatic rings. The summed E-state index contributed by atoms with van der Waals surface area (Å²) in [5, 5.41) is 8.97. The summed E-state index contributed by atoms with van der Waals surface area (Å²) >= 11 is 0. The fourth-order valence-corrected chi connectivity index (χ4v) is 2.61. The second-order valence-corrected chi connectivity index (χ2v) is 7.41. The maximum Gasteiger partial charge on any atom is 0.183 e. The molecular weight excluding hydrogens is 296 g/mol. The van der Waals surface area contributed by atoms with E-state index in [1.807, 2.05) is 40.9 Å². The van der Waals surface area contributed by atoms with E-state index in [0.717, 1.165) is 22.8 Å². The molecule has 0 unspecified atom stereocenters. The summed E-state index contributed by atoms with van der Waals surface area (Å²) in [6.45, 7) is 10.8. The number of hydrogen-bond donors (Lipinski definition) is 0. The molecule has 4 nitrogen and oxygen atoms in total. The lowest BCUT2D eigenvalue weighted by Gasteiger charge is -2.15. The topological polar surface area (TPSA) is 42.0 Å². The van der Waals surface area contributed by atoms with Crippen molar-refractivity contribution in [2.24, 2.45) is 10.2 Å². The van der Waals surface area contributed by atoms with Crippen LogP contribution in [0.2, 0.25) is 0 Å². The molecule has 0 aliphatic heterocycles. The van der Waals surface area contributed by atoms with Gasteiger partial charge in [-0.15, -0.1) is 10.2 Å². The van der Waals surface area contributed by atoms with Crippen LogP contribution in [0.1, 0.15) is 51.8 Å². The monoisotopic (exact) mass is 320 g/mol. The van der Waals surface area contributed by atoms with Gasteiger partial charge in [-0.2, -0.15) is 0 Å². The Kier molecular flexibility index (Phi) is 4.22. The highest BCUT2D eigenvalue weighted by atomic mass is 15.2. The van der Waals surface area contributed by atoms with Gasteiger partial charge in [-0.1, -0.05) is 52.8 Å². The number of hydrogen-bond acceptors (Lipinski definition) is 3. The average molecular weight is 320 g/mol. The zero-order chi connectivity index (χ0) is 17.3. The van der Waals surface area contributed by atoms with Crippen molar-refractivity contribution in [3.63, 3.8) is 0 Å². The fraction of sp³-hybridized carbons (Fsp3) is 0.350. The molecule has 0 aliphatic carbocycles. The lowest BCUT2D eigenvalue weighted by Crippen LogP contribution is -2.11. The van der Waals surface area contributed by atoms with Crippen LogP contribution in [0.3, 0.4) is 0 Å². The molecule has 124 valence electrons. The number of pyridine rings is 1. The third kappa shape index (κ3) is 3.23. The highest BCUT2D eigenvalue weighted by molar-refractivity contribution is 5.54. The summed E-state index contributed by atoms with van der Waals surface area (Å²) in [5.74, 6) is 1.31. The second kappa shape index (κ2) is 6.19. The SMILES string of the molecule is CC(C)c1ccc(N=Nc2c(C(C)(C)C)nc3ccccn23)cc1. The average Bonchev–Trinajstić information content (AvgIpc) is 2.92. The van der Waals surface area contributed by atoms with Crippen molar-refractivity contribution in [2.45, 2.75) is 46.0 Å². The Hall–Kier alpha value is -2.49. The number of benzene rings is 1. The molecule has 0 atom stereocenters. The minimum atomic E-state index is -0.0954. The predicted molar refractivity (Wildman–Crippen MR) is 98.6 cm³/mol. The van der Waals surface area contributed by atoms with Gasteiger partial charge in [0.05, 0.1) is 11.4 Å². The van der Waals surface area contributed by atoms with Crippen LogP contribution < -0.4 is 0 Å². The van der Waals surface area contributed by atoms with Crippen LogP contribution in [0.25, 0.3) is 5.65 Å².